The fourth-order valence-electron chi connectivity index (χ4n) is 1.58. The molecule has 0 aromatic heterocycles. The Labute approximate surface area is 126 Å². The van der Waals surface area contributed by atoms with Gasteiger partial charge in [0.15, 0.2) is 11.6 Å². The van der Waals surface area contributed by atoms with Gasteiger partial charge in [0.1, 0.15) is 11.8 Å². The lowest BCUT2D eigenvalue weighted by Crippen LogP contribution is -2.31. The molecule has 1 aromatic carbocycles. The smallest absolute Gasteiger partial charge is 0.159 e. The van der Waals surface area contributed by atoms with Gasteiger partial charge in [-0.3, -0.25) is 0 Å². The van der Waals surface area contributed by atoms with Gasteiger partial charge >= 0.3 is 0 Å². The average Bonchev–Trinajstić information content (AvgIpc) is 2.32. The minimum atomic E-state index is -1.44. The molecule has 1 unspecified atom stereocenters. The third-order valence-corrected chi connectivity index (χ3v) is 7.29. The number of nitrogens with zero attached hydrogens (tertiary/aromatic N) is 1. The van der Waals surface area contributed by atoms with E-state index in [0.717, 1.165) is 12.1 Å². The first kappa shape index (κ1) is 17.9. The molecule has 21 heavy (non-hydrogen) atoms. The highest BCUT2D eigenvalue weighted by molar-refractivity contribution is 8.29. The van der Waals surface area contributed by atoms with Crippen LogP contribution in [0, 0.1) is 11.6 Å². The van der Waals surface area contributed by atoms with Gasteiger partial charge < -0.3 is 9.39 Å². The van der Waals surface area contributed by atoms with Gasteiger partial charge in [0.2, 0.25) is 0 Å². The Hall–Kier alpha value is -1.14. The monoisotopic (exact) mass is 319 g/mol. The number of hydrogen-bond acceptors (Lipinski definition) is 3. The summed E-state index contributed by atoms with van der Waals surface area (Å²) in [5.41, 5.74) is 0.478. The van der Waals surface area contributed by atoms with Crippen molar-refractivity contribution < 1.29 is 18.2 Å². The van der Waals surface area contributed by atoms with Crippen LogP contribution in [0.25, 0.3) is 0 Å². The summed E-state index contributed by atoms with van der Waals surface area (Å²) in [6.45, 7) is 7.95. The molecule has 0 spiro atoms. The molecule has 6 heteroatoms. The lowest BCUT2D eigenvalue weighted by Gasteiger charge is -2.45. The largest absolute Gasteiger partial charge is 0.411 e. The molecule has 1 aromatic rings. The van der Waals surface area contributed by atoms with Crippen LogP contribution in [-0.4, -0.2) is 34.3 Å². The predicted molar refractivity (Wildman–Crippen MR) is 84.4 cm³/mol. The van der Waals surface area contributed by atoms with E-state index in [0.29, 0.717) is 5.56 Å². The zero-order valence-corrected chi connectivity index (χ0v) is 14.1. The van der Waals surface area contributed by atoms with Crippen LogP contribution in [-0.2, 0) is 4.18 Å². The minimum Gasteiger partial charge on any atom is -0.411 e. The Morgan fingerprint density at radius 3 is 2.24 bits per heavy atom. The normalized spacial score (nSPS) is 15.9. The van der Waals surface area contributed by atoms with Crippen LogP contribution in [0.3, 0.4) is 0 Å². The van der Waals surface area contributed by atoms with Crippen molar-refractivity contribution in [1.29, 1.82) is 0 Å². The number of hydrogen-bond donors (Lipinski definition) is 1. The number of benzene rings is 1. The summed E-state index contributed by atoms with van der Waals surface area (Å²) in [4.78, 5) is 0. The molecule has 120 valence electrons. The van der Waals surface area contributed by atoms with Crippen LogP contribution in [0.15, 0.2) is 23.4 Å². The van der Waals surface area contributed by atoms with Crippen molar-refractivity contribution in [2.45, 2.75) is 38.5 Å². The van der Waals surface area contributed by atoms with Crippen LogP contribution < -0.4 is 0 Å². The van der Waals surface area contributed by atoms with Crippen molar-refractivity contribution in [3.63, 3.8) is 0 Å². The van der Waals surface area contributed by atoms with E-state index in [9.17, 15) is 14.0 Å². The first-order valence-electron chi connectivity index (χ1n) is 6.58. The molecule has 0 bridgehead atoms. The second kappa shape index (κ2) is 6.32. The molecular formula is C15H23F2NO2S. The van der Waals surface area contributed by atoms with Crippen LogP contribution in [0.4, 0.5) is 8.78 Å². The lowest BCUT2D eigenvalue weighted by molar-refractivity contribution is 0.286. The molecule has 0 fully saturated rings. The van der Waals surface area contributed by atoms with Crippen molar-refractivity contribution in [2.75, 3.05) is 12.5 Å². The first-order chi connectivity index (χ1) is 9.49. The molecule has 0 radical (unpaired) electrons. The summed E-state index contributed by atoms with van der Waals surface area (Å²) in [6.07, 6.45) is 3.50. The SMILES string of the molecule is CC(OS(C)(C)C(C)(C)C)/C(=N\O)c1ccc(F)c(F)c1. The first-order valence-corrected chi connectivity index (χ1v) is 8.95. The number of halogens is 2. The molecule has 0 saturated carbocycles. The van der Waals surface area contributed by atoms with E-state index in [2.05, 4.69) is 25.9 Å². The second-order valence-electron chi connectivity index (χ2n) is 6.20. The number of rotatable bonds is 4. The molecule has 3 nitrogen and oxygen atoms in total. The van der Waals surface area contributed by atoms with Gasteiger partial charge in [0.25, 0.3) is 0 Å². The minimum absolute atomic E-state index is 0.0597. The Morgan fingerprint density at radius 1 is 1.24 bits per heavy atom. The van der Waals surface area contributed by atoms with Crippen molar-refractivity contribution in [2.24, 2.45) is 5.16 Å². The van der Waals surface area contributed by atoms with E-state index in [4.69, 9.17) is 4.18 Å². The number of oxime groups is 1. The Bertz CT molecular complexity index is 539. The molecule has 0 aliphatic heterocycles. The van der Waals surface area contributed by atoms with Crippen molar-refractivity contribution >= 4 is 16.0 Å². The van der Waals surface area contributed by atoms with Gasteiger partial charge in [-0.1, -0.05) is 25.9 Å². The molecule has 1 rings (SSSR count). The maximum atomic E-state index is 13.3. The molecule has 0 amide bonds. The van der Waals surface area contributed by atoms with Crippen molar-refractivity contribution in [3.05, 3.63) is 35.4 Å². The van der Waals surface area contributed by atoms with E-state index >= 15 is 0 Å². The highest BCUT2D eigenvalue weighted by Crippen LogP contribution is 2.54. The van der Waals surface area contributed by atoms with Crippen LogP contribution in [0.2, 0.25) is 0 Å². The summed E-state index contributed by atoms with van der Waals surface area (Å²) < 4.78 is 32.3. The molecule has 0 heterocycles. The summed E-state index contributed by atoms with van der Waals surface area (Å²) in [6, 6.07) is 3.38. The topological polar surface area (TPSA) is 41.8 Å². The van der Waals surface area contributed by atoms with Gasteiger partial charge in [-0.25, -0.2) is 8.78 Å². The van der Waals surface area contributed by atoms with E-state index in [-0.39, 0.29) is 10.5 Å². The summed E-state index contributed by atoms with van der Waals surface area (Å²) in [5.74, 6) is -1.92. The molecule has 0 saturated heterocycles. The summed E-state index contributed by atoms with van der Waals surface area (Å²) in [5, 5.41) is 12.4. The van der Waals surface area contributed by atoms with Gasteiger partial charge in [-0.2, -0.15) is 0 Å². The van der Waals surface area contributed by atoms with E-state index in [1.807, 2.05) is 12.5 Å². The average molecular weight is 319 g/mol. The van der Waals surface area contributed by atoms with E-state index in [1.165, 1.54) is 6.07 Å². The third-order valence-electron chi connectivity index (χ3n) is 3.57. The Kier molecular flexibility index (Phi) is 5.39. The maximum absolute atomic E-state index is 13.3. The molecule has 1 N–H and O–H groups in total. The van der Waals surface area contributed by atoms with Crippen LogP contribution in [0.5, 0.6) is 0 Å². The standard InChI is InChI=1S/C15H23F2NO2S/c1-10(20-21(5,6)15(2,3)4)14(18-19)11-7-8-12(16)13(17)9-11/h7-10,19H,1-6H3/b18-14+. The van der Waals surface area contributed by atoms with Gasteiger partial charge in [-0.15, -0.1) is 10.3 Å². The summed E-state index contributed by atoms with van der Waals surface area (Å²) in [7, 11) is -1.44. The zero-order valence-electron chi connectivity index (χ0n) is 13.3. The molecule has 0 aliphatic rings. The lowest BCUT2D eigenvalue weighted by atomic mass is 10.1. The van der Waals surface area contributed by atoms with E-state index < -0.39 is 28.0 Å². The Morgan fingerprint density at radius 2 is 1.81 bits per heavy atom. The Balaban J connectivity index is 3.03. The maximum Gasteiger partial charge on any atom is 0.159 e. The fourth-order valence-corrected chi connectivity index (χ4v) is 2.68. The molecule has 0 aliphatic carbocycles. The third kappa shape index (κ3) is 4.17. The molecule has 1 atom stereocenters. The van der Waals surface area contributed by atoms with Crippen molar-refractivity contribution in [1.82, 2.24) is 0 Å². The van der Waals surface area contributed by atoms with Crippen molar-refractivity contribution in [3.8, 4) is 0 Å². The van der Waals surface area contributed by atoms with Crippen LogP contribution in [0.1, 0.15) is 33.3 Å². The summed E-state index contributed by atoms with van der Waals surface area (Å²) >= 11 is 0. The quantitative estimate of drug-likeness (QED) is 0.510. The predicted octanol–water partition coefficient (Wildman–Crippen LogP) is 4.33. The van der Waals surface area contributed by atoms with E-state index in [1.54, 1.807) is 6.92 Å². The van der Waals surface area contributed by atoms with Crippen LogP contribution >= 0.6 is 10.3 Å². The fraction of sp³-hybridized carbons (Fsp3) is 0.533. The highest BCUT2D eigenvalue weighted by Gasteiger charge is 2.32. The molecular weight excluding hydrogens is 296 g/mol. The zero-order chi connectivity index (χ0) is 16.4. The van der Waals surface area contributed by atoms with Gasteiger partial charge in [0, 0.05) is 10.3 Å². The highest BCUT2D eigenvalue weighted by atomic mass is 32.3. The second-order valence-corrected chi connectivity index (χ2v) is 10.1. The van der Waals surface area contributed by atoms with Gasteiger partial charge in [0.05, 0.1) is 0 Å². The van der Waals surface area contributed by atoms with Gasteiger partial charge in [-0.05, 0) is 37.6 Å².